The topological polar surface area (TPSA) is 55.5 Å². The van der Waals surface area contributed by atoms with Gasteiger partial charge in [-0.3, -0.25) is 0 Å². The van der Waals surface area contributed by atoms with Crippen molar-refractivity contribution in [3.8, 4) is 5.75 Å². The molecule has 0 aliphatic heterocycles. The standard InChI is InChI=1S/C14H23NO2/c1-4-6-12(10-15)14(2,16)11-7-5-8-13(9-11)17-3/h5,7-9,12,16H,4,6,10,15H2,1-3H3. The Morgan fingerprint density at radius 3 is 2.71 bits per heavy atom. The zero-order valence-electron chi connectivity index (χ0n) is 10.9. The third kappa shape index (κ3) is 3.20. The molecule has 0 aliphatic rings. The number of ether oxygens (including phenoxy) is 1. The molecule has 0 fully saturated rings. The lowest BCUT2D eigenvalue weighted by Gasteiger charge is -2.32. The van der Waals surface area contributed by atoms with Gasteiger partial charge in [0.2, 0.25) is 0 Å². The number of hydrogen-bond donors (Lipinski definition) is 2. The Morgan fingerprint density at radius 2 is 2.18 bits per heavy atom. The van der Waals surface area contributed by atoms with Crippen molar-refractivity contribution < 1.29 is 9.84 Å². The monoisotopic (exact) mass is 237 g/mol. The van der Waals surface area contributed by atoms with Crippen LogP contribution in [0.25, 0.3) is 0 Å². The van der Waals surface area contributed by atoms with E-state index in [1.165, 1.54) is 0 Å². The first-order chi connectivity index (χ1) is 8.06. The lowest BCUT2D eigenvalue weighted by molar-refractivity contribution is -0.00643. The minimum absolute atomic E-state index is 0.0691. The SMILES string of the molecule is CCCC(CN)C(C)(O)c1cccc(OC)c1. The number of aliphatic hydroxyl groups is 1. The summed E-state index contributed by atoms with van der Waals surface area (Å²) in [6.45, 7) is 4.41. The summed E-state index contributed by atoms with van der Waals surface area (Å²) in [5.41, 5.74) is 5.72. The van der Waals surface area contributed by atoms with E-state index < -0.39 is 5.60 Å². The highest BCUT2D eigenvalue weighted by molar-refractivity contribution is 5.32. The van der Waals surface area contributed by atoms with Gasteiger partial charge in [-0.05, 0) is 37.6 Å². The molecule has 0 radical (unpaired) electrons. The second kappa shape index (κ2) is 6.03. The molecule has 0 amide bonds. The zero-order valence-corrected chi connectivity index (χ0v) is 10.9. The Morgan fingerprint density at radius 1 is 1.47 bits per heavy atom. The number of nitrogens with two attached hydrogens (primary N) is 1. The molecule has 0 bridgehead atoms. The second-order valence-electron chi connectivity index (χ2n) is 4.60. The van der Waals surface area contributed by atoms with Crippen LogP contribution in [0.1, 0.15) is 32.3 Å². The zero-order chi connectivity index (χ0) is 12.9. The van der Waals surface area contributed by atoms with E-state index in [9.17, 15) is 5.11 Å². The van der Waals surface area contributed by atoms with Crippen LogP contribution in [0.4, 0.5) is 0 Å². The van der Waals surface area contributed by atoms with Crippen LogP contribution < -0.4 is 10.5 Å². The fraction of sp³-hybridized carbons (Fsp3) is 0.571. The number of hydrogen-bond acceptors (Lipinski definition) is 3. The van der Waals surface area contributed by atoms with Gasteiger partial charge in [0.25, 0.3) is 0 Å². The molecule has 0 heterocycles. The Kier molecular flexibility index (Phi) is 4.97. The highest BCUT2D eigenvalue weighted by Crippen LogP contribution is 2.33. The van der Waals surface area contributed by atoms with Crippen molar-refractivity contribution in [2.75, 3.05) is 13.7 Å². The molecule has 1 aromatic carbocycles. The summed E-state index contributed by atoms with van der Waals surface area (Å²) in [5.74, 6) is 0.828. The molecule has 3 N–H and O–H groups in total. The van der Waals surface area contributed by atoms with Gasteiger partial charge in [-0.25, -0.2) is 0 Å². The summed E-state index contributed by atoms with van der Waals surface area (Å²) in [6.07, 6.45) is 1.93. The molecule has 1 aromatic rings. The molecule has 2 atom stereocenters. The predicted molar refractivity (Wildman–Crippen MR) is 70.0 cm³/mol. The summed E-state index contributed by atoms with van der Waals surface area (Å²) in [7, 11) is 1.63. The van der Waals surface area contributed by atoms with Crippen LogP contribution in [0.3, 0.4) is 0 Å². The first-order valence-corrected chi connectivity index (χ1v) is 6.13. The molecular weight excluding hydrogens is 214 g/mol. The first-order valence-electron chi connectivity index (χ1n) is 6.13. The van der Waals surface area contributed by atoms with Gasteiger partial charge in [0, 0.05) is 5.92 Å². The van der Waals surface area contributed by atoms with Crippen LogP contribution in [0, 0.1) is 5.92 Å². The van der Waals surface area contributed by atoms with Gasteiger partial charge in [0.05, 0.1) is 12.7 Å². The van der Waals surface area contributed by atoms with Crippen molar-refractivity contribution in [2.45, 2.75) is 32.3 Å². The van der Waals surface area contributed by atoms with Crippen molar-refractivity contribution in [3.05, 3.63) is 29.8 Å². The summed E-state index contributed by atoms with van der Waals surface area (Å²) < 4.78 is 5.18. The Balaban J connectivity index is 3.00. The third-order valence-electron chi connectivity index (χ3n) is 3.37. The molecule has 2 unspecified atom stereocenters. The highest BCUT2D eigenvalue weighted by Gasteiger charge is 2.32. The molecule has 3 nitrogen and oxygen atoms in total. The van der Waals surface area contributed by atoms with Gasteiger partial charge < -0.3 is 15.6 Å². The molecule has 1 rings (SSSR count). The average molecular weight is 237 g/mol. The molecule has 96 valence electrons. The molecule has 17 heavy (non-hydrogen) atoms. The van der Waals surface area contributed by atoms with Gasteiger partial charge in [0.15, 0.2) is 0 Å². The minimum atomic E-state index is -0.903. The van der Waals surface area contributed by atoms with Crippen molar-refractivity contribution in [2.24, 2.45) is 11.7 Å². The number of benzene rings is 1. The van der Waals surface area contributed by atoms with Crippen molar-refractivity contribution in [1.82, 2.24) is 0 Å². The van der Waals surface area contributed by atoms with E-state index in [4.69, 9.17) is 10.5 Å². The summed E-state index contributed by atoms with van der Waals surface area (Å²) in [5, 5.41) is 10.7. The van der Waals surface area contributed by atoms with E-state index in [-0.39, 0.29) is 5.92 Å². The normalized spacial score (nSPS) is 16.3. The van der Waals surface area contributed by atoms with E-state index in [2.05, 4.69) is 6.92 Å². The van der Waals surface area contributed by atoms with E-state index in [1.807, 2.05) is 31.2 Å². The van der Waals surface area contributed by atoms with E-state index in [1.54, 1.807) is 7.11 Å². The minimum Gasteiger partial charge on any atom is -0.497 e. The van der Waals surface area contributed by atoms with Gasteiger partial charge in [-0.2, -0.15) is 0 Å². The maximum absolute atomic E-state index is 10.7. The highest BCUT2D eigenvalue weighted by atomic mass is 16.5. The fourth-order valence-electron chi connectivity index (χ4n) is 2.15. The van der Waals surface area contributed by atoms with Gasteiger partial charge >= 0.3 is 0 Å². The Labute approximate surface area is 104 Å². The maximum atomic E-state index is 10.7. The van der Waals surface area contributed by atoms with Crippen LogP contribution >= 0.6 is 0 Å². The largest absolute Gasteiger partial charge is 0.497 e. The second-order valence-corrected chi connectivity index (χ2v) is 4.60. The molecule has 0 aliphatic carbocycles. The molecule has 3 heteroatoms. The van der Waals surface area contributed by atoms with Crippen LogP contribution in [0.2, 0.25) is 0 Å². The molecule has 0 saturated heterocycles. The number of rotatable bonds is 6. The first kappa shape index (κ1) is 14.0. The van der Waals surface area contributed by atoms with E-state index in [0.29, 0.717) is 6.54 Å². The maximum Gasteiger partial charge on any atom is 0.119 e. The van der Waals surface area contributed by atoms with Crippen molar-refractivity contribution >= 4 is 0 Å². The van der Waals surface area contributed by atoms with Crippen molar-refractivity contribution in [3.63, 3.8) is 0 Å². The smallest absolute Gasteiger partial charge is 0.119 e. The quantitative estimate of drug-likeness (QED) is 0.798. The van der Waals surface area contributed by atoms with Crippen LogP contribution in [-0.2, 0) is 5.60 Å². The predicted octanol–water partition coefficient (Wildman–Crippen LogP) is 2.28. The molecule has 0 saturated carbocycles. The lowest BCUT2D eigenvalue weighted by atomic mass is 9.80. The third-order valence-corrected chi connectivity index (χ3v) is 3.37. The van der Waals surface area contributed by atoms with Gasteiger partial charge in [-0.1, -0.05) is 25.5 Å². The van der Waals surface area contributed by atoms with Gasteiger partial charge in [0.1, 0.15) is 5.75 Å². The average Bonchev–Trinajstić information content (AvgIpc) is 2.35. The van der Waals surface area contributed by atoms with Crippen molar-refractivity contribution in [1.29, 1.82) is 0 Å². The van der Waals surface area contributed by atoms with Crippen LogP contribution in [-0.4, -0.2) is 18.8 Å². The molecule has 0 spiro atoms. The Bertz CT molecular complexity index is 350. The van der Waals surface area contributed by atoms with E-state index in [0.717, 1.165) is 24.2 Å². The van der Waals surface area contributed by atoms with Crippen LogP contribution in [0.5, 0.6) is 5.75 Å². The summed E-state index contributed by atoms with van der Waals surface area (Å²) in [6, 6.07) is 7.55. The number of methoxy groups -OCH3 is 1. The summed E-state index contributed by atoms with van der Waals surface area (Å²) in [4.78, 5) is 0. The Hall–Kier alpha value is -1.06. The van der Waals surface area contributed by atoms with Crippen LogP contribution in [0.15, 0.2) is 24.3 Å². The molecule has 0 aromatic heterocycles. The lowest BCUT2D eigenvalue weighted by Crippen LogP contribution is -2.36. The van der Waals surface area contributed by atoms with Gasteiger partial charge in [-0.15, -0.1) is 0 Å². The summed E-state index contributed by atoms with van der Waals surface area (Å²) >= 11 is 0. The molecular formula is C14H23NO2. The van der Waals surface area contributed by atoms with E-state index >= 15 is 0 Å². The fourth-order valence-corrected chi connectivity index (χ4v) is 2.15.